The van der Waals surface area contributed by atoms with Crippen molar-refractivity contribution in [3.63, 3.8) is 0 Å². The van der Waals surface area contributed by atoms with Crippen LogP contribution in [0.15, 0.2) is 92.6 Å². The van der Waals surface area contributed by atoms with E-state index >= 15 is 0 Å². The third-order valence-electron chi connectivity index (χ3n) is 3.10. The molecule has 0 N–H and O–H groups in total. The Kier molecular flexibility index (Phi) is 12.3. The molecule has 0 amide bonds. The van der Waals surface area contributed by atoms with Gasteiger partial charge in [-0.3, -0.25) is 0 Å². The highest BCUT2D eigenvalue weighted by molar-refractivity contribution is 5.47. The fourth-order valence-corrected chi connectivity index (χ4v) is 1.71. The SMILES string of the molecule is C=CC(=C)C.C=Cc1ccc(CN(C)C)cc1.C=Cc1ccccc1. The van der Waals surface area contributed by atoms with E-state index in [1.54, 1.807) is 6.08 Å². The van der Waals surface area contributed by atoms with Gasteiger partial charge in [0.2, 0.25) is 0 Å². The molecule has 0 radical (unpaired) electrons. The lowest BCUT2D eigenvalue weighted by Gasteiger charge is -2.09. The van der Waals surface area contributed by atoms with Crippen LogP contribution in [0, 0.1) is 0 Å². The van der Waals surface area contributed by atoms with Gasteiger partial charge in [-0.1, -0.05) is 105 Å². The molecule has 132 valence electrons. The Morgan fingerprint density at radius 2 is 1.28 bits per heavy atom. The highest BCUT2D eigenvalue weighted by atomic mass is 15.0. The predicted molar refractivity (Wildman–Crippen MR) is 115 cm³/mol. The van der Waals surface area contributed by atoms with E-state index in [4.69, 9.17) is 0 Å². The van der Waals surface area contributed by atoms with E-state index in [0.29, 0.717) is 0 Å². The predicted octanol–water partition coefficient (Wildman–Crippen LogP) is 6.47. The number of rotatable bonds is 5. The summed E-state index contributed by atoms with van der Waals surface area (Å²) in [4.78, 5) is 2.16. The number of benzene rings is 2. The largest absolute Gasteiger partial charge is 0.305 e. The summed E-state index contributed by atoms with van der Waals surface area (Å²) >= 11 is 0. The molecule has 0 saturated heterocycles. The lowest BCUT2D eigenvalue weighted by atomic mass is 10.1. The van der Waals surface area contributed by atoms with Crippen molar-refractivity contribution in [2.24, 2.45) is 0 Å². The van der Waals surface area contributed by atoms with Crippen molar-refractivity contribution in [3.8, 4) is 0 Å². The molecule has 0 spiro atoms. The zero-order valence-corrected chi connectivity index (χ0v) is 15.9. The Bertz CT molecular complexity index is 634. The van der Waals surface area contributed by atoms with Crippen LogP contribution in [0.4, 0.5) is 0 Å². The lowest BCUT2D eigenvalue weighted by molar-refractivity contribution is 0.402. The maximum absolute atomic E-state index is 3.71. The fourth-order valence-electron chi connectivity index (χ4n) is 1.71. The minimum atomic E-state index is 0.997. The van der Waals surface area contributed by atoms with Gasteiger partial charge in [0.05, 0.1) is 0 Å². The molecule has 1 heteroatoms. The second kappa shape index (κ2) is 13.8. The van der Waals surface area contributed by atoms with E-state index in [-0.39, 0.29) is 0 Å². The first-order chi connectivity index (χ1) is 11.9. The fraction of sp³-hybridized carbons (Fsp3) is 0.167. The van der Waals surface area contributed by atoms with Crippen molar-refractivity contribution in [1.29, 1.82) is 0 Å². The summed E-state index contributed by atoms with van der Waals surface area (Å²) < 4.78 is 0. The molecule has 1 nitrogen and oxygen atoms in total. The molecule has 0 aromatic heterocycles. The maximum atomic E-state index is 3.71. The maximum Gasteiger partial charge on any atom is 0.0227 e. The first-order valence-electron chi connectivity index (χ1n) is 8.24. The molecule has 0 fully saturated rings. The van der Waals surface area contributed by atoms with E-state index in [0.717, 1.165) is 12.1 Å². The number of nitrogens with zero attached hydrogens (tertiary/aromatic N) is 1. The van der Waals surface area contributed by atoms with E-state index in [1.807, 2.05) is 49.4 Å². The third-order valence-corrected chi connectivity index (χ3v) is 3.10. The molecule has 2 aromatic rings. The van der Waals surface area contributed by atoms with Gasteiger partial charge in [0, 0.05) is 6.54 Å². The van der Waals surface area contributed by atoms with Gasteiger partial charge in [-0.05, 0) is 37.7 Å². The van der Waals surface area contributed by atoms with Crippen molar-refractivity contribution < 1.29 is 0 Å². The van der Waals surface area contributed by atoms with Crippen molar-refractivity contribution in [3.05, 3.63) is 109 Å². The molecule has 0 unspecified atom stereocenters. The van der Waals surface area contributed by atoms with Gasteiger partial charge in [0.25, 0.3) is 0 Å². The van der Waals surface area contributed by atoms with Crippen LogP contribution < -0.4 is 0 Å². The molecule has 0 saturated carbocycles. The molecule has 0 heterocycles. The van der Waals surface area contributed by atoms with Crippen LogP contribution in [0.2, 0.25) is 0 Å². The first kappa shape index (κ1) is 22.4. The minimum Gasteiger partial charge on any atom is -0.305 e. The summed E-state index contributed by atoms with van der Waals surface area (Å²) in [7, 11) is 4.14. The molecule has 0 atom stereocenters. The smallest absolute Gasteiger partial charge is 0.0227 e. The highest BCUT2D eigenvalue weighted by Gasteiger charge is 1.93. The molecule has 0 bridgehead atoms. The van der Waals surface area contributed by atoms with Crippen LogP contribution in [0.1, 0.15) is 23.6 Å². The Morgan fingerprint density at radius 1 is 0.840 bits per heavy atom. The summed E-state index contributed by atoms with van der Waals surface area (Å²) in [5.74, 6) is 0. The van der Waals surface area contributed by atoms with Crippen molar-refractivity contribution >= 4 is 12.2 Å². The lowest BCUT2D eigenvalue weighted by Crippen LogP contribution is -2.10. The van der Waals surface area contributed by atoms with E-state index < -0.39 is 0 Å². The molecule has 0 aliphatic rings. The zero-order chi connectivity index (χ0) is 19.1. The zero-order valence-electron chi connectivity index (χ0n) is 15.9. The monoisotopic (exact) mass is 333 g/mol. The normalized spacial score (nSPS) is 8.96. The highest BCUT2D eigenvalue weighted by Crippen LogP contribution is 2.06. The summed E-state index contributed by atoms with van der Waals surface area (Å²) in [6, 6.07) is 18.5. The molecular weight excluding hydrogens is 302 g/mol. The molecule has 2 rings (SSSR count). The first-order valence-corrected chi connectivity index (χ1v) is 8.24. The Labute approximate surface area is 154 Å². The summed E-state index contributed by atoms with van der Waals surface area (Å²) in [5.41, 5.74) is 4.71. The van der Waals surface area contributed by atoms with Crippen LogP contribution >= 0.6 is 0 Å². The van der Waals surface area contributed by atoms with Gasteiger partial charge >= 0.3 is 0 Å². The second-order valence-corrected chi connectivity index (χ2v) is 5.85. The van der Waals surface area contributed by atoms with E-state index in [1.165, 1.54) is 16.7 Å². The van der Waals surface area contributed by atoms with Crippen LogP contribution in [0.3, 0.4) is 0 Å². The average Bonchev–Trinajstić information content (AvgIpc) is 2.63. The van der Waals surface area contributed by atoms with Crippen molar-refractivity contribution in [1.82, 2.24) is 4.90 Å². The Morgan fingerprint density at radius 3 is 1.60 bits per heavy atom. The summed E-state index contributed by atoms with van der Waals surface area (Å²) in [6.45, 7) is 17.3. The van der Waals surface area contributed by atoms with Gasteiger partial charge in [0.1, 0.15) is 0 Å². The second-order valence-electron chi connectivity index (χ2n) is 5.85. The van der Waals surface area contributed by atoms with Gasteiger partial charge in [0.15, 0.2) is 0 Å². The van der Waals surface area contributed by atoms with Gasteiger partial charge < -0.3 is 4.90 Å². The average molecular weight is 334 g/mol. The number of hydrogen-bond acceptors (Lipinski definition) is 1. The standard InChI is InChI=1S/C11H15N.C8H8.C5H8/c1-4-10-5-7-11(8-6-10)9-12(2)3;1-2-8-6-4-3-5-7-8;1-4-5(2)3/h4-8H,1,9H2,2-3H3;2-7H,1H2;4H,1-2H2,3H3. The van der Waals surface area contributed by atoms with Crippen LogP contribution in [0.25, 0.3) is 12.2 Å². The van der Waals surface area contributed by atoms with Crippen molar-refractivity contribution in [2.75, 3.05) is 14.1 Å². The third kappa shape index (κ3) is 12.4. The minimum absolute atomic E-state index is 0.997. The number of hydrogen-bond donors (Lipinski definition) is 0. The molecular formula is C24H31N. The van der Waals surface area contributed by atoms with Crippen LogP contribution in [-0.4, -0.2) is 19.0 Å². The number of allylic oxidation sites excluding steroid dienone is 2. The van der Waals surface area contributed by atoms with E-state index in [2.05, 4.69) is 69.6 Å². The van der Waals surface area contributed by atoms with Crippen LogP contribution in [0.5, 0.6) is 0 Å². The molecule has 0 aliphatic heterocycles. The van der Waals surface area contributed by atoms with Crippen molar-refractivity contribution in [2.45, 2.75) is 13.5 Å². The summed E-state index contributed by atoms with van der Waals surface area (Å²) in [6.07, 6.45) is 5.42. The van der Waals surface area contributed by atoms with Crippen LogP contribution in [-0.2, 0) is 6.54 Å². The Hall–Kier alpha value is -2.64. The summed E-state index contributed by atoms with van der Waals surface area (Å²) in [5, 5.41) is 0. The topological polar surface area (TPSA) is 3.24 Å². The quantitative estimate of drug-likeness (QED) is 0.567. The van der Waals surface area contributed by atoms with E-state index in [9.17, 15) is 0 Å². The molecule has 25 heavy (non-hydrogen) atoms. The Balaban J connectivity index is 0.000000382. The molecule has 0 aliphatic carbocycles. The molecule has 2 aromatic carbocycles. The van der Waals surface area contributed by atoms with Gasteiger partial charge in [-0.25, -0.2) is 0 Å². The van der Waals surface area contributed by atoms with Gasteiger partial charge in [-0.15, -0.1) is 0 Å². The van der Waals surface area contributed by atoms with Gasteiger partial charge in [-0.2, -0.15) is 0 Å².